The average molecular weight is 238 g/mol. The fourth-order valence-electron chi connectivity index (χ4n) is 1.49. The fraction of sp³-hybridized carbons (Fsp3) is 0.333. The predicted molar refractivity (Wildman–Crippen MR) is 60.2 cm³/mol. The van der Waals surface area contributed by atoms with Crippen LogP contribution in [0.4, 0.5) is 0 Å². The summed E-state index contributed by atoms with van der Waals surface area (Å²) in [6, 6.07) is 6.42. The lowest BCUT2D eigenvalue weighted by atomic mass is 9.96. The van der Waals surface area contributed by atoms with Crippen molar-refractivity contribution < 1.29 is 24.5 Å². The lowest BCUT2D eigenvalue weighted by Gasteiger charge is -2.11. The highest BCUT2D eigenvalue weighted by atomic mass is 16.5. The van der Waals surface area contributed by atoms with Crippen LogP contribution in [-0.2, 0) is 9.59 Å². The third kappa shape index (κ3) is 3.79. The fourth-order valence-corrected chi connectivity index (χ4v) is 1.49. The Morgan fingerprint density at radius 1 is 1.24 bits per heavy atom. The number of hydrogen-bond acceptors (Lipinski definition) is 3. The minimum Gasteiger partial charge on any atom is -0.494 e. The molecule has 0 bridgehead atoms. The first-order valence-electron chi connectivity index (χ1n) is 5.22. The molecule has 0 aromatic heterocycles. The molecule has 0 aliphatic heterocycles. The molecule has 0 saturated carbocycles. The predicted octanol–water partition coefficient (Wildman–Crippen LogP) is 1.73. The molecule has 0 amide bonds. The van der Waals surface area contributed by atoms with E-state index in [1.807, 2.05) is 6.92 Å². The second kappa shape index (κ2) is 5.89. The van der Waals surface area contributed by atoms with Crippen LogP contribution in [0.5, 0.6) is 5.75 Å². The highest BCUT2D eigenvalue weighted by Gasteiger charge is 2.22. The van der Waals surface area contributed by atoms with Crippen LogP contribution in [-0.4, -0.2) is 28.8 Å². The number of carboxylic acid groups (broad SMARTS) is 2. The zero-order valence-electron chi connectivity index (χ0n) is 9.42. The van der Waals surface area contributed by atoms with E-state index in [0.29, 0.717) is 17.9 Å². The van der Waals surface area contributed by atoms with Crippen LogP contribution in [0.1, 0.15) is 24.8 Å². The quantitative estimate of drug-likeness (QED) is 0.788. The van der Waals surface area contributed by atoms with Gasteiger partial charge in [-0.05, 0) is 24.6 Å². The summed E-state index contributed by atoms with van der Waals surface area (Å²) in [4.78, 5) is 21.5. The number of ether oxygens (including phenoxy) is 1. The van der Waals surface area contributed by atoms with Crippen molar-refractivity contribution in [1.82, 2.24) is 0 Å². The van der Waals surface area contributed by atoms with Crippen LogP contribution in [0.3, 0.4) is 0 Å². The van der Waals surface area contributed by atoms with E-state index in [-0.39, 0.29) is 0 Å². The molecule has 0 unspecified atom stereocenters. The van der Waals surface area contributed by atoms with Gasteiger partial charge in [0.05, 0.1) is 18.9 Å². The van der Waals surface area contributed by atoms with Crippen molar-refractivity contribution in [3.8, 4) is 5.75 Å². The molecule has 1 atom stereocenters. The highest BCUT2D eigenvalue weighted by molar-refractivity contribution is 5.82. The largest absolute Gasteiger partial charge is 0.494 e. The van der Waals surface area contributed by atoms with Crippen molar-refractivity contribution >= 4 is 11.9 Å². The topological polar surface area (TPSA) is 83.8 Å². The Labute approximate surface area is 98.6 Å². The molecule has 0 fully saturated rings. The van der Waals surface area contributed by atoms with E-state index in [0.717, 1.165) is 0 Å². The van der Waals surface area contributed by atoms with Gasteiger partial charge in [-0.15, -0.1) is 0 Å². The first-order chi connectivity index (χ1) is 8.04. The van der Waals surface area contributed by atoms with Gasteiger partial charge in [-0.1, -0.05) is 12.1 Å². The standard InChI is InChI=1S/C12H14O5/c1-2-17-9-5-3-8(4-6-9)10(12(15)16)7-11(13)14/h3-6,10H,2,7H2,1H3,(H,13,14)(H,15,16)/t10-/m1/s1. The molecule has 2 N–H and O–H groups in total. The van der Waals surface area contributed by atoms with E-state index < -0.39 is 24.3 Å². The molecular weight excluding hydrogens is 224 g/mol. The third-order valence-corrected chi connectivity index (χ3v) is 2.27. The first-order valence-corrected chi connectivity index (χ1v) is 5.22. The first kappa shape index (κ1) is 13.0. The number of carboxylic acids is 2. The molecule has 5 nitrogen and oxygen atoms in total. The summed E-state index contributed by atoms with van der Waals surface area (Å²) in [5.74, 6) is -2.67. The van der Waals surface area contributed by atoms with Crippen molar-refractivity contribution in [2.45, 2.75) is 19.3 Å². The van der Waals surface area contributed by atoms with Gasteiger partial charge in [0, 0.05) is 0 Å². The molecule has 1 aromatic rings. The molecule has 0 spiro atoms. The van der Waals surface area contributed by atoms with Gasteiger partial charge in [0.25, 0.3) is 0 Å². The van der Waals surface area contributed by atoms with Crippen LogP contribution >= 0.6 is 0 Å². The number of carbonyl (C=O) groups is 2. The van der Waals surface area contributed by atoms with Gasteiger partial charge in [0.2, 0.25) is 0 Å². The second-order valence-corrected chi connectivity index (χ2v) is 3.49. The molecular formula is C12H14O5. The summed E-state index contributed by atoms with van der Waals surface area (Å²) in [6.45, 7) is 2.37. The van der Waals surface area contributed by atoms with Crippen molar-refractivity contribution in [3.05, 3.63) is 29.8 Å². The molecule has 5 heteroatoms. The summed E-state index contributed by atoms with van der Waals surface area (Å²) in [6.07, 6.45) is -0.427. The maximum atomic E-state index is 11.0. The Balaban J connectivity index is 2.87. The van der Waals surface area contributed by atoms with E-state index in [9.17, 15) is 9.59 Å². The Hall–Kier alpha value is -2.04. The van der Waals surface area contributed by atoms with E-state index >= 15 is 0 Å². The number of benzene rings is 1. The second-order valence-electron chi connectivity index (χ2n) is 3.49. The lowest BCUT2D eigenvalue weighted by Crippen LogP contribution is -2.15. The summed E-state index contributed by atoms with van der Waals surface area (Å²) in [5, 5.41) is 17.6. The van der Waals surface area contributed by atoms with Gasteiger partial charge in [-0.2, -0.15) is 0 Å². The Kier molecular flexibility index (Phi) is 4.51. The van der Waals surface area contributed by atoms with Crippen LogP contribution in [0.25, 0.3) is 0 Å². The summed E-state index contributed by atoms with van der Waals surface area (Å²) >= 11 is 0. The molecule has 0 aliphatic rings. The van der Waals surface area contributed by atoms with Gasteiger partial charge in [0.15, 0.2) is 0 Å². The number of hydrogen-bond donors (Lipinski definition) is 2. The smallest absolute Gasteiger partial charge is 0.311 e. The summed E-state index contributed by atoms with van der Waals surface area (Å²) in [5.41, 5.74) is 0.461. The maximum Gasteiger partial charge on any atom is 0.311 e. The van der Waals surface area contributed by atoms with Crippen LogP contribution < -0.4 is 4.74 Å². The van der Waals surface area contributed by atoms with Crippen LogP contribution in [0.15, 0.2) is 24.3 Å². The van der Waals surface area contributed by atoms with Crippen molar-refractivity contribution in [3.63, 3.8) is 0 Å². The monoisotopic (exact) mass is 238 g/mol. The molecule has 0 radical (unpaired) electrons. The molecule has 0 aliphatic carbocycles. The third-order valence-electron chi connectivity index (χ3n) is 2.27. The van der Waals surface area contributed by atoms with Crippen molar-refractivity contribution in [1.29, 1.82) is 0 Å². The lowest BCUT2D eigenvalue weighted by molar-refractivity contribution is -0.145. The van der Waals surface area contributed by atoms with Gasteiger partial charge in [-0.25, -0.2) is 0 Å². The van der Waals surface area contributed by atoms with E-state index in [2.05, 4.69) is 0 Å². The van der Waals surface area contributed by atoms with Gasteiger partial charge in [0.1, 0.15) is 5.75 Å². The molecule has 1 rings (SSSR count). The zero-order valence-corrected chi connectivity index (χ0v) is 9.42. The minimum atomic E-state index is -1.14. The van der Waals surface area contributed by atoms with E-state index in [1.165, 1.54) is 0 Å². The summed E-state index contributed by atoms with van der Waals surface area (Å²) in [7, 11) is 0. The highest BCUT2D eigenvalue weighted by Crippen LogP contribution is 2.22. The molecule has 0 saturated heterocycles. The molecule has 1 aromatic carbocycles. The Bertz CT molecular complexity index is 396. The van der Waals surface area contributed by atoms with Crippen LogP contribution in [0, 0.1) is 0 Å². The van der Waals surface area contributed by atoms with Gasteiger partial charge >= 0.3 is 11.9 Å². The zero-order chi connectivity index (χ0) is 12.8. The number of aliphatic carboxylic acids is 2. The number of rotatable bonds is 6. The Morgan fingerprint density at radius 3 is 2.24 bits per heavy atom. The van der Waals surface area contributed by atoms with Crippen LogP contribution in [0.2, 0.25) is 0 Å². The normalized spacial score (nSPS) is 11.8. The van der Waals surface area contributed by atoms with Gasteiger partial charge in [-0.3, -0.25) is 9.59 Å². The summed E-state index contributed by atoms with van der Waals surface area (Å²) < 4.78 is 5.22. The van der Waals surface area contributed by atoms with Gasteiger partial charge < -0.3 is 14.9 Å². The van der Waals surface area contributed by atoms with E-state index in [4.69, 9.17) is 14.9 Å². The maximum absolute atomic E-state index is 11.0. The Morgan fingerprint density at radius 2 is 1.82 bits per heavy atom. The molecule has 0 heterocycles. The van der Waals surface area contributed by atoms with Crippen molar-refractivity contribution in [2.75, 3.05) is 6.61 Å². The molecule has 92 valence electrons. The molecule has 17 heavy (non-hydrogen) atoms. The van der Waals surface area contributed by atoms with Crippen molar-refractivity contribution in [2.24, 2.45) is 0 Å². The van der Waals surface area contributed by atoms with E-state index in [1.54, 1.807) is 24.3 Å². The SMILES string of the molecule is CCOc1ccc([C@@H](CC(=O)O)C(=O)O)cc1. The minimum absolute atomic E-state index is 0.427. The average Bonchev–Trinajstić information content (AvgIpc) is 2.27.